The van der Waals surface area contributed by atoms with E-state index in [4.69, 9.17) is 14.2 Å². The fourth-order valence-corrected chi connectivity index (χ4v) is 4.76. The number of benzene rings is 2. The lowest BCUT2D eigenvalue weighted by molar-refractivity contribution is -0.384. The van der Waals surface area contributed by atoms with Crippen LogP contribution in [0.1, 0.15) is 5.56 Å². The lowest BCUT2D eigenvalue weighted by atomic mass is 10.0. The average molecular weight is 516 g/mol. The number of hydrogen-bond donors (Lipinski definition) is 2. The van der Waals surface area contributed by atoms with E-state index < -0.39 is 40.7 Å². The number of non-ortho nitro benzene ring substituents is 1. The highest BCUT2D eigenvalue weighted by molar-refractivity contribution is 8.00. The molecule has 36 heavy (non-hydrogen) atoms. The second-order valence-corrected chi connectivity index (χ2v) is 8.82. The number of esters is 1. The number of nitrogens with zero attached hydrogens (tertiary/aromatic N) is 2. The van der Waals surface area contributed by atoms with Crippen LogP contribution in [0.4, 0.5) is 5.69 Å². The van der Waals surface area contributed by atoms with E-state index in [2.05, 4.69) is 5.32 Å². The Hall–Kier alpha value is -4.26. The summed E-state index contributed by atoms with van der Waals surface area (Å²) in [6, 6.07) is 11.2. The van der Waals surface area contributed by atoms with Crippen LogP contribution in [0, 0.1) is 10.1 Å². The first-order chi connectivity index (χ1) is 17.3. The van der Waals surface area contributed by atoms with Crippen LogP contribution in [-0.4, -0.2) is 63.6 Å². The van der Waals surface area contributed by atoms with Gasteiger partial charge in [0, 0.05) is 12.1 Å². The van der Waals surface area contributed by atoms with E-state index in [0.717, 1.165) is 4.90 Å². The Bertz CT molecular complexity index is 1210. The van der Waals surface area contributed by atoms with Crippen molar-refractivity contribution < 1.29 is 38.6 Å². The standard InChI is InChI=1S/C23H21N3O9S/c1-33-15-6-2-13(3-7-15)10-35-23(30)20-17(27)12-36-22-19(21(29)25(20)22)24-18(28)11-34-16-8-4-14(5-9-16)26(31)32/h2-9,19,22,27H,10-12H2,1H3,(H,24,28)/t19?,22-/m1/s1. The Labute approximate surface area is 209 Å². The number of ether oxygens (including phenoxy) is 3. The molecule has 2 aliphatic rings. The van der Waals surface area contributed by atoms with Crippen LogP contribution < -0.4 is 14.8 Å². The van der Waals surface area contributed by atoms with Crippen molar-refractivity contribution in [3.63, 3.8) is 0 Å². The lowest BCUT2D eigenvalue weighted by Gasteiger charge is -2.48. The van der Waals surface area contributed by atoms with E-state index in [1.54, 1.807) is 24.3 Å². The largest absolute Gasteiger partial charge is 0.509 e. The molecule has 2 amide bonds. The Balaban J connectivity index is 1.31. The van der Waals surface area contributed by atoms with Gasteiger partial charge in [-0.05, 0) is 29.8 Å². The number of amides is 2. The van der Waals surface area contributed by atoms with Crippen molar-refractivity contribution in [3.05, 3.63) is 75.7 Å². The zero-order valence-corrected chi connectivity index (χ0v) is 19.7. The van der Waals surface area contributed by atoms with Crippen LogP contribution in [0.25, 0.3) is 0 Å². The van der Waals surface area contributed by atoms with Gasteiger partial charge in [-0.2, -0.15) is 0 Å². The molecule has 0 radical (unpaired) electrons. The third kappa shape index (κ3) is 5.20. The fourth-order valence-electron chi connectivity index (χ4n) is 3.56. The Morgan fingerprint density at radius 2 is 1.83 bits per heavy atom. The number of nitrogens with one attached hydrogen (secondary N) is 1. The number of carbonyl (C=O) groups is 3. The summed E-state index contributed by atoms with van der Waals surface area (Å²) >= 11 is 1.19. The smallest absolute Gasteiger partial charge is 0.358 e. The summed E-state index contributed by atoms with van der Waals surface area (Å²) in [5.74, 6) is -1.33. The van der Waals surface area contributed by atoms with Crippen molar-refractivity contribution in [2.75, 3.05) is 19.5 Å². The van der Waals surface area contributed by atoms with Gasteiger partial charge in [-0.15, -0.1) is 11.8 Å². The molecule has 2 aromatic carbocycles. The van der Waals surface area contributed by atoms with Gasteiger partial charge in [-0.1, -0.05) is 12.1 Å². The van der Waals surface area contributed by atoms with E-state index in [1.165, 1.54) is 43.1 Å². The molecular formula is C23H21N3O9S. The summed E-state index contributed by atoms with van der Waals surface area (Å²) < 4.78 is 15.7. The lowest BCUT2D eigenvalue weighted by Crippen LogP contribution is -2.70. The van der Waals surface area contributed by atoms with E-state index in [0.29, 0.717) is 11.3 Å². The SMILES string of the molecule is COc1ccc(COC(=O)C2=C(O)CS[C@@H]3C(NC(=O)COc4ccc([N+](=O)[O-])cc4)C(=O)N23)cc1. The predicted octanol–water partition coefficient (Wildman–Crippen LogP) is 1.90. The van der Waals surface area contributed by atoms with Gasteiger partial charge in [0.25, 0.3) is 17.5 Å². The molecule has 2 atom stereocenters. The summed E-state index contributed by atoms with van der Waals surface area (Å²) in [5.41, 5.74) is 0.333. The third-order valence-electron chi connectivity index (χ3n) is 5.40. The number of fused-ring (bicyclic) bond motifs is 1. The maximum absolute atomic E-state index is 12.7. The highest BCUT2D eigenvalue weighted by atomic mass is 32.2. The van der Waals surface area contributed by atoms with E-state index >= 15 is 0 Å². The third-order valence-corrected chi connectivity index (χ3v) is 6.67. The van der Waals surface area contributed by atoms with Crippen LogP contribution in [-0.2, 0) is 25.7 Å². The number of aliphatic hydroxyl groups excluding tert-OH is 1. The molecule has 0 bridgehead atoms. The Morgan fingerprint density at radius 3 is 2.47 bits per heavy atom. The Morgan fingerprint density at radius 1 is 1.17 bits per heavy atom. The van der Waals surface area contributed by atoms with Gasteiger partial charge in [0.2, 0.25) is 0 Å². The maximum Gasteiger partial charge on any atom is 0.358 e. The summed E-state index contributed by atoms with van der Waals surface area (Å²) in [5, 5.41) is 22.9. The van der Waals surface area contributed by atoms with Crippen molar-refractivity contribution in [2.45, 2.75) is 18.0 Å². The molecule has 0 spiro atoms. The molecule has 0 aromatic heterocycles. The van der Waals surface area contributed by atoms with Gasteiger partial charge < -0.3 is 24.6 Å². The first-order valence-corrected chi connectivity index (χ1v) is 11.7. The van der Waals surface area contributed by atoms with Crippen LogP contribution in [0.2, 0.25) is 0 Å². The van der Waals surface area contributed by atoms with Crippen LogP contribution in [0.5, 0.6) is 11.5 Å². The molecule has 0 saturated carbocycles. The zero-order valence-electron chi connectivity index (χ0n) is 18.9. The van der Waals surface area contributed by atoms with Crippen LogP contribution >= 0.6 is 11.8 Å². The van der Waals surface area contributed by atoms with Crippen molar-refractivity contribution in [3.8, 4) is 11.5 Å². The number of carbonyl (C=O) groups excluding carboxylic acids is 3. The number of nitro benzene ring substituents is 1. The van der Waals surface area contributed by atoms with E-state index in [-0.39, 0.29) is 35.3 Å². The van der Waals surface area contributed by atoms with Crippen LogP contribution in [0.3, 0.4) is 0 Å². The first kappa shape index (κ1) is 24.9. The molecule has 2 N–H and O–H groups in total. The Kier molecular flexibility index (Phi) is 7.29. The highest BCUT2D eigenvalue weighted by Crippen LogP contribution is 2.40. The molecule has 0 aliphatic carbocycles. The molecule has 188 valence electrons. The minimum absolute atomic E-state index is 0.0626. The van der Waals surface area contributed by atoms with Crippen molar-refractivity contribution >= 4 is 35.2 Å². The molecule has 12 nitrogen and oxygen atoms in total. The number of nitro groups is 1. The maximum atomic E-state index is 12.7. The second-order valence-electron chi connectivity index (χ2n) is 7.71. The van der Waals surface area contributed by atoms with Gasteiger partial charge in [-0.25, -0.2) is 4.79 Å². The molecule has 4 rings (SSSR count). The van der Waals surface area contributed by atoms with Gasteiger partial charge >= 0.3 is 5.97 Å². The molecule has 1 saturated heterocycles. The molecule has 2 aromatic rings. The van der Waals surface area contributed by atoms with Gasteiger partial charge in [0.05, 0.1) is 17.8 Å². The molecule has 1 unspecified atom stereocenters. The summed E-state index contributed by atoms with van der Waals surface area (Å²) in [6.07, 6.45) is 0. The minimum Gasteiger partial charge on any atom is -0.509 e. The normalized spacial score (nSPS) is 18.6. The fraction of sp³-hybridized carbons (Fsp3) is 0.261. The zero-order chi connectivity index (χ0) is 25.8. The number of thioether (sulfide) groups is 1. The van der Waals surface area contributed by atoms with E-state index in [9.17, 15) is 29.6 Å². The number of hydrogen-bond acceptors (Lipinski definition) is 10. The molecule has 2 aliphatic heterocycles. The number of aliphatic hydroxyl groups is 1. The van der Waals surface area contributed by atoms with Gasteiger partial charge in [-0.3, -0.25) is 24.6 Å². The predicted molar refractivity (Wildman–Crippen MR) is 126 cm³/mol. The second kappa shape index (κ2) is 10.6. The van der Waals surface area contributed by atoms with Gasteiger partial charge in [0.15, 0.2) is 12.3 Å². The summed E-state index contributed by atoms with van der Waals surface area (Å²) in [7, 11) is 1.54. The van der Waals surface area contributed by atoms with Crippen molar-refractivity contribution in [2.24, 2.45) is 0 Å². The van der Waals surface area contributed by atoms with E-state index in [1.807, 2.05) is 0 Å². The molecule has 2 heterocycles. The minimum atomic E-state index is -0.916. The number of β-lactam (4-membered cyclic amide) rings is 1. The molecule has 1 fully saturated rings. The summed E-state index contributed by atoms with van der Waals surface area (Å²) in [4.78, 5) is 49.0. The van der Waals surface area contributed by atoms with Crippen molar-refractivity contribution in [1.82, 2.24) is 10.2 Å². The summed E-state index contributed by atoms with van der Waals surface area (Å²) in [6.45, 7) is -0.490. The highest BCUT2D eigenvalue weighted by Gasteiger charge is 2.54. The number of methoxy groups -OCH3 is 1. The first-order valence-electron chi connectivity index (χ1n) is 10.6. The molecular weight excluding hydrogens is 494 g/mol. The number of rotatable bonds is 9. The quantitative estimate of drug-likeness (QED) is 0.219. The molecule has 13 heteroatoms. The van der Waals surface area contributed by atoms with Gasteiger partial charge in [0.1, 0.15) is 35.3 Å². The van der Waals surface area contributed by atoms with Crippen molar-refractivity contribution in [1.29, 1.82) is 0 Å². The monoisotopic (exact) mass is 515 g/mol. The topological polar surface area (TPSA) is 158 Å². The van der Waals surface area contributed by atoms with Crippen LogP contribution in [0.15, 0.2) is 60.0 Å². The average Bonchev–Trinajstić information content (AvgIpc) is 2.89.